The Morgan fingerprint density at radius 1 is 1.16 bits per heavy atom. The standard InChI is InChI=1S/C20H29ClN2O2/c1-3-16(4-2)20(25)22-18-11-13-23(14-12-18)19(24)10-7-15-5-8-17(21)9-6-15/h5-6,8-9,16,18H,3-4,7,10-14H2,1-2H3,(H,22,25). The predicted octanol–water partition coefficient (Wildman–Crippen LogP) is 3.82. The average Bonchev–Trinajstić information content (AvgIpc) is 2.62. The van der Waals surface area contributed by atoms with E-state index in [9.17, 15) is 9.59 Å². The molecule has 4 nitrogen and oxygen atoms in total. The fourth-order valence-electron chi connectivity index (χ4n) is 3.31. The molecule has 1 saturated heterocycles. The van der Waals surface area contributed by atoms with Crippen LogP contribution in [-0.2, 0) is 16.0 Å². The van der Waals surface area contributed by atoms with E-state index < -0.39 is 0 Å². The van der Waals surface area contributed by atoms with Crippen molar-refractivity contribution >= 4 is 23.4 Å². The van der Waals surface area contributed by atoms with Gasteiger partial charge in [-0.05, 0) is 49.8 Å². The molecule has 0 radical (unpaired) electrons. The maximum Gasteiger partial charge on any atom is 0.223 e. The van der Waals surface area contributed by atoms with E-state index in [0.29, 0.717) is 11.4 Å². The molecule has 0 aromatic heterocycles. The number of carbonyl (C=O) groups excluding carboxylic acids is 2. The lowest BCUT2D eigenvalue weighted by Crippen LogP contribution is -2.47. The van der Waals surface area contributed by atoms with Crippen molar-refractivity contribution in [3.05, 3.63) is 34.9 Å². The summed E-state index contributed by atoms with van der Waals surface area (Å²) in [5.41, 5.74) is 1.13. The Balaban J connectivity index is 1.72. The van der Waals surface area contributed by atoms with Crippen LogP contribution >= 0.6 is 11.6 Å². The Bertz CT molecular complexity index is 562. The molecule has 25 heavy (non-hydrogen) atoms. The SMILES string of the molecule is CCC(CC)C(=O)NC1CCN(C(=O)CCc2ccc(Cl)cc2)CC1. The number of likely N-dealkylation sites (tertiary alicyclic amines) is 1. The van der Waals surface area contributed by atoms with Crippen LogP contribution < -0.4 is 5.32 Å². The van der Waals surface area contributed by atoms with Gasteiger partial charge in [0.15, 0.2) is 0 Å². The number of amides is 2. The third-order valence-electron chi connectivity index (χ3n) is 5.09. The normalized spacial score (nSPS) is 15.4. The molecule has 1 N–H and O–H groups in total. The third-order valence-corrected chi connectivity index (χ3v) is 5.34. The molecule has 5 heteroatoms. The Kier molecular flexibility index (Phi) is 7.76. The second kappa shape index (κ2) is 9.81. The van der Waals surface area contributed by atoms with Gasteiger partial charge < -0.3 is 10.2 Å². The van der Waals surface area contributed by atoms with Gasteiger partial charge in [-0.2, -0.15) is 0 Å². The third kappa shape index (κ3) is 6.03. The number of nitrogens with zero attached hydrogens (tertiary/aromatic N) is 1. The Morgan fingerprint density at radius 2 is 1.76 bits per heavy atom. The highest BCUT2D eigenvalue weighted by atomic mass is 35.5. The second-order valence-electron chi connectivity index (χ2n) is 6.80. The molecule has 1 fully saturated rings. The summed E-state index contributed by atoms with van der Waals surface area (Å²) in [5.74, 6) is 0.469. The maximum absolute atomic E-state index is 12.4. The van der Waals surface area contributed by atoms with Crippen LogP contribution in [0.15, 0.2) is 24.3 Å². The first-order chi connectivity index (χ1) is 12.0. The number of carbonyl (C=O) groups is 2. The topological polar surface area (TPSA) is 49.4 Å². The van der Waals surface area contributed by atoms with E-state index in [1.165, 1.54) is 0 Å². The molecule has 0 atom stereocenters. The monoisotopic (exact) mass is 364 g/mol. The van der Waals surface area contributed by atoms with Crippen LogP contribution in [0.4, 0.5) is 0 Å². The molecule has 1 aliphatic heterocycles. The molecule has 1 aliphatic rings. The summed E-state index contributed by atoms with van der Waals surface area (Å²) in [6.45, 7) is 5.56. The number of piperidine rings is 1. The van der Waals surface area contributed by atoms with E-state index in [1.807, 2.05) is 29.2 Å². The van der Waals surface area contributed by atoms with Crippen molar-refractivity contribution in [3.63, 3.8) is 0 Å². The molecular weight excluding hydrogens is 336 g/mol. The first-order valence-corrected chi connectivity index (χ1v) is 9.73. The van der Waals surface area contributed by atoms with Gasteiger partial charge in [0.05, 0.1) is 0 Å². The van der Waals surface area contributed by atoms with Gasteiger partial charge in [0.25, 0.3) is 0 Å². The molecule has 2 rings (SSSR count). The Hall–Kier alpha value is -1.55. The minimum Gasteiger partial charge on any atom is -0.353 e. The maximum atomic E-state index is 12.4. The first-order valence-electron chi connectivity index (χ1n) is 9.36. The molecule has 0 bridgehead atoms. The number of hydrogen-bond acceptors (Lipinski definition) is 2. The lowest BCUT2D eigenvalue weighted by Gasteiger charge is -2.33. The lowest BCUT2D eigenvalue weighted by atomic mass is 9.99. The summed E-state index contributed by atoms with van der Waals surface area (Å²) in [6.07, 6.45) is 4.71. The van der Waals surface area contributed by atoms with E-state index in [2.05, 4.69) is 19.2 Å². The summed E-state index contributed by atoms with van der Waals surface area (Å²) in [4.78, 5) is 26.5. The number of halogens is 1. The number of nitrogens with one attached hydrogen (secondary N) is 1. The molecule has 2 amide bonds. The highest BCUT2D eigenvalue weighted by Gasteiger charge is 2.25. The summed E-state index contributed by atoms with van der Waals surface area (Å²) in [5, 5.41) is 3.87. The number of aryl methyl sites for hydroxylation is 1. The minimum absolute atomic E-state index is 0.110. The zero-order valence-electron chi connectivity index (χ0n) is 15.3. The van der Waals surface area contributed by atoms with Gasteiger partial charge >= 0.3 is 0 Å². The highest BCUT2D eigenvalue weighted by molar-refractivity contribution is 6.30. The molecule has 1 aromatic rings. The fourth-order valence-corrected chi connectivity index (χ4v) is 3.44. The smallest absolute Gasteiger partial charge is 0.223 e. The van der Waals surface area contributed by atoms with Crippen molar-refractivity contribution in [1.29, 1.82) is 0 Å². The molecule has 1 heterocycles. The lowest BCUT2D eigenvalue weighted by molar-refractivity contribution is -0.132. The largest absolute Gasteiger partial charge is 0.353 e. The Labute approximate surface area is 155 Å². The summed E-state index contributed by atoms with van der Waals surface area (Å²) in [7, 11) is 0. The van der Waals surface area contributed by atoms with Crippen LogP contribution in [0.25, 0.3) is 0 Å². The molecule has 0 aliphatic carbocycles. The van der Waals surface area contributed by atoms with Gasteiger partial charge in [-0.25, -0.2) is 0 Å². The second-order valence-corrected chi connectivity index (χ2v) is 7.24. The summed E-state index contributed by atoms with van der Waals surface area (Å²) >= 11 is 5.88. The van der Waals surface area contributed by atoms with Gasteiger partial charge in [0.1, 0.15) is 0 Å². The van der Waals surface area contributed by atoms with Gasteiger partial charge in [-0.15, -0.1) is 0 Å². The van der Waals surface area contributed by atoms with Crippen LogP contribution in [-0.4, -0.2) is 35.8 Å². The average molecular weight is 365 g/mol. The van der Waals surface area contributed by atoms with Crippen LogP contribution in [0.2, 0.25) is 5.02 Å². The van der Waals surface area contributed by atoms with Crippen molar-refractivity contribution < 1.29 is 9.59 Å². The van der Waals surface area contributed by atoms with Gasteiger partial charge in [0.2, 0.25) is 11.8 Å². The Morgan fingerprint density at radius 3 is 2.32 bits per heavy atom. The fraction of sp³-hybridized carbons (Fsp3) is 0.600. The number of rotatable bonds is 7. The van der Waals surface area contributed by atoms with Gasteiger partial charge in [0, 0.05) is 36.5 Å². The van der Waals surface area contributed by atoms with Crippen LogP contribution in [0.3, 0.4) is 0 Å². The zero-order valence-corrected chi connectivity index (χ0v) is 16.0. The highest BCUT2D eigenvalue weighted by Crippen LogP contribution is 2.16. The molecule has 138 valence electrons. The molecular formula is C20H29ClN2O2. The van der Waals surface area contributed by atoms with Crippen molar-refractivity contribution in [2.45, 2.75) is 58.4 Å². The van der Waals surface area contributed by atoms with Crippen LogP contribution in [0.5, 0.6) is 0 Å². The van der Waals surface area contributed by atoms with Gasteiger partial charge in [-0.3, -0.25) is 9.59 Å². The van der Waals surface area contributed by atoms with Crippen molar-refractivity contribution in [2.24, 2.45) is 5.92 Å². The molecule has 0 spiro atoms. The van der Waals surface area contributed by atoms with Crippen LogP contribution in [0, 0.1) is 5.92 Å². The first kappa shape index (κ1) is 19.8. The van der Waals surface area contributed by atoms with E-state index in [4.69, 9.17) is 11.6 Å². The van der Waals surface area contributed by atoms with Crippen LogP contribution in [0.1, 0.15) is 51.5 Å². The van der Waals surface area contributed by atoms with E-state index >= 15 is 0 Å². The van der Waals surface area contributed by atoms with Gasteiger partial charge in [-0.1, -0.05) is 37.6 Å². The molecule has 0 unspecified atom stereocenters. The predicted molar refractivity (Wildman–Crippen MR) is 102 cm³/mol. The number of hydrogen-bond donors (Lipinski definition) is 1. The van der Waals surface area contributed by atoms with E-state index in [0.717, 1.165) is 50.8 Å². The van der Waals surface area contributed by atoms with E-state index in [1.54, 1.807) is 0 Å². The minimum atomic E-state index is 0.110. The quantitative estimate of drug-likeness (QED) is 0.799. The van der Waals surface area contributed by atoms with Crippen molar-refractivity contribution in [1.82, 2.24) is 10.2 Å². The molecule has 0 saturated carbocycles. The van der Waals surface area contributed by atoms with Crippen molar-refractivity contribution in [2.75, 3.05) is 13.1 Å². The number of benzene rings is 1. The van der Waals surface area contributed by atoms with E-state index in [-0.39, 0.29) is 23.8 Å². The van der Waals surface area contributed by atoms with Crippen molar-refractivity contribution in [3.8, 4) is 0 Å². The zero-order chi connectivity index (χ0) is 18.2. The summed E-state index contributed by atoms with van der Waals surface area (Å²) < 4.78 is 0. The summed E-state index contributed by atoms with van der Waals surface area (Å²) in [6, 6.07) is 7.85. The molecule has 1 aromatic carbocycles.